The van der Waals surface area contributed by atoms with Crippen molar-refractivity contribution in [2.24, 2.45) is 4.99 Å². The van der Waals surface area contributed by atoms with Crippen LogP contribution in [0.2, 0.25) is 0 Å². The van der Waals surface area contributed by atoms with Crippen LogP contribution >= 0.6 is 0 Å². The molecule has 1 fully saturated rings. The van der Waals surface area contributed by atoms with E-state index in [1.807, 2.05) is 13.0 Å². The number of imidazole rings is 1. The van der Waals surface area contributed by atoms with Gasteiger partial charge in [-0.1, -0.05) is 24.3 Å². The van der Waals surface area contributed by atoms with Crippen LogP contribution in [0.25, 0.3) is 11.0 Å². The summed E-state index contributed by atoms with van der Waals surface area (Å²) in [4.78, 5) is 9.46. The van der Waals surface area contributed by atoms with Crippen molar-refractivity contribution in [3.8, 4) is 5.75 Å². The number of hydrogen-bond acceptors (Lipinski definition) is 4. The lowest BCUT2D eigenvalue weighted by atomic mass is 10.1. The van der Waals surface area contributed by atoms with E-state index < -0.39 is 0 Å². The predicted octanol–water partition coefficient (Wildman–Crippen LogP) is 3.58. The Bertz CT molecular complexity index is 1070. The summed E-state index contributed by atoms with van der Waals surface area (Å²) in [6, 6.07) is 14.6. The van der Waals surface area contributed by atoms with Crippen molar-refractivity contribution in [2.75, 3.05) is 26.3 Å². The Morgan fingerprint density at radius 3 is 2.91 bits per heavy atom. The second kappa shape index (κ2) is 10.5. The zero-order valence-corrected chi connectivity index (χ0v) is 19.2. The molecule has 0 amide bonds. The Hall–Kier alpha value is -3.06. The molecule has 1 aromatic heterocycles. The molecule has 170 valence electrons. The predicted molar refractivity (Wildman–Crippen MR) is 128 cm³/mol. The van der Waals surface area contributed by atoms with Crippen molar-refractivity contribution in [1.82, 2.24) is 20.2 Å². The molecule has 0 bridgehead atoms. The van der Waals surface area contributed by atoms with Crippen LogP contribution in [0.15, 0.2) is 47.5 Å². The maximum Gasteiger partial charge on any atom is 0.191 e. The van der Waals surface area contributed by atoms with E-state index in [0.29, 0.717) is 13.2 Å². The number of guanidine groups is 1. The van der Waals surface area contributed by atoms with Gasteiger partial charge in [0.05, 0.1) is 30.8 Å². The summed E-state index contributed by atoms with van der Waals surface area (Å²) in [5, 5.41) is 6.80. The van der Waals surface area contributed by atoms with Crippen LogP contribution in [0.1, 0.15) is 30.3 Å². The van der Waals surface area contributed by atoms with E-state index in [0.717, 1.165) is 66.8 Å². The Morgan fingerprint density at radius 1 is 1.22 bits per heavy atom. The molecule has 2 heterocycles. The Balaban J connectivity index is 1.41. The summed E-state index contributed by atoms with van der Waals surface area (Å²) in [5.74, 6) is 2.72. The summed E-state index contributed by atoms with van der Waals surface area (Å²) < 4.78 is 13.9. The monoisotopic (exact) mass is 435 g/mol. The highest BCUT2D eigenvalue weighted by molar-refractivity contribution is 5.80. The van der Waals surface area contributed by atoms with Gasteiger partial charge in [-0.2, -0.15) is 0 Å². The fraction of sp³-hybridized carbons (Fsp3) is 0.440. The zero-order chi connectivity index (χ0) is 22.3. The number of aryl methyl sites for hydroxylation is 2. The molecule has 1 atom stereocenters. The van der Waals surface area contributed by atoms with Crippen molar-refractivity contribution < 1.29 is 9.47 Å². The summed E-state index contributed by atoms with van der Waals surface area (Å²) in [5.41, 5.74) is 4.45. The summed E-state index contributed by atoms with van der Waals surface area (Å²) in [6.07, 6.45) is 1.06. The summed E-state index contributed by atoms with van der Waals surface area (Å²) in [6.45, 7) is 10.5. The van der Waals surface area contributed by atoms with Gasteiger partial charge in [0.2, 0.25) is 0 Å². The van der Waals surface area contributed by atoms with Gasteiger partial charge in [-0.15, -0.1) is 0 Å². The quantitative estimate of drug-likeness (QED) is 0.418. The van der Waals surface area contributed by atoms with Gasteiger partial charge in [0.15, 0.2) is 5.96 Å². The average Bonchev–Trinajstić information content (AvgIpc) is 3.40. The molecule has 32 heavy (non-hydrogen) atoms. The van der Waals surface area contributed by atoms with E-state index in [1.54, 1.807) is 0 Å². The smallest absolute Gasteiger partial charge is 0.191 e. The minimum Gasteiger partial charge on any atom is -0.488 e. The van der Waals surface area contributed by atoms with Crippen LogP contribution in [0.3, 0.4) is 0 Å². The third-order valence-electron chi connectivity index (χ3n) is 5.63. The SMILES string of the molecule is CCNC(=NCc1ccc(C)cc1OC1CCOC1)NCCn1c(C)nc2ccccc21. The molecule has 4 rings (SSSR count). The molecule has 0 saturated carbocycles. The van der Waals surface area contributed by atoms with Gasteiger partial charge in [0.25, 0.3) is 0 Å². The van der Waals surface area contributed by atoms with Crippen LogP contribution in [0.5, 0.6) is 5.75 Å². The van der Waals surface area contributed by atoms with Crippen LogP contribution in [-0.4, -0.2) is 47.9 Å². The number of fused-ring (bicyclic) bond motifs is 1. The number of aliphatic imine (C=N–C) groups is 1. The number of para-hydroxylation sites is 2. The van der Waals surface area contributed by atoms with Crippen LogP contribution in [0, 0.1) is 13.8 Å². The van der Waals surface area contributed by atoms with Gasteiger partial charge in [0, 0.05) is 31.6 Å². The first-order chi connectivity index (χ1) is 15.6. The normalized spacial score (nSPS) is 16.5. The van der Waals surface area contributed by atoms with Crippen LogP contribution < -0.4 is 15.4 Å². The molecule has 1 unspecified atom stereocenters. The van der Waals surface area contributed by atoms with E-state index in [4.69, 9.17) is 14.5 Å². The third-order valence-corrected chi connectivity index (χ3v) is 5.63. The molecule has 2 aromatic carbocycles. The lowest BCUT2D eigenvalue weighted by Crippen LogP contribution is -2.39. The van der Waals surface area contributed by atoms with Gasteiger partial charge >= 0.3 is 0 Å². The average molecular weight is 436 g/mol. The molecule has 7 heteroatoms. The number of hydrogen-bond donors (Lipinski definition) is 2. The highest BCUT2D eigenvalue weighted by atomic mass is 16.5. The molecular formula is C25H33N5O2. The van der Waals surface area contributed by atoms with Crippen LogP contribution in [0.4, 0.5) is 0 Å². The largest absolute Gasteiger partial charge is 0.488 e. The van der Waals surface area contributed by atoms with Crippen molar-refractivity contribution in [3.63, 3.8) is 0 Å². The number of rotatable bonds is 8. The molecule has 1 saturated heterocycles. The van der Waals surface area contributed by atoms with Crippen molar-refractivity contribution >= 4 is 17.0 Å². The van der Waals surface area contributed by atoms with E-state index in [1.165, 1.54) is 5.56 Å². The van der Waals surface area contributed by atoms with Gasteiger partial charge in [-0.25, -0.2) is 9.98 Å². The number of aromatic nitrogens is 2. The standard InChI is InChI=1S/C25H33N5O2/c1-4-26-25(27-12-13-30-19(3)29-22-7-5-6-8-23(22)30)28-16-20-10-9-18(2)15-24(20)32-21-11-14-31-17-21/h5-10,15,21H,4,11-14,16-17H2,1-3H3,(H2,26,27,28). The van der Waals surface area contributed by atoms with Gasteiger partial charge < -0.3 is 24.7 Å². The van der Waals surface area contributed by atoms with E-state index in [-0.39, 0.29) is 6.10 Å². The highest BCUT2D eigenvalue weighted by Crippen LogP contribution is 2.24. The molecule has 3 aromatic rings. The first-order valence-electron chi connectivity index (χ1n) is 11.4. The Kier molecular flexibility index (Phi) is 7.27. The first kappa shape index (κ1) is 22.1. The summed E-state index contributed by atoms with van der Waals surface area (Å²) in [7, 11) is 0. The number of benzene rings is 2. The topological polar surface area (TPSA) is 72.7 Å². The van der Waals surface area contributed by atoms with Crippen molar-refractivity contribution in [2.45, 2.75) is 46.4 Å². The molecule has 2 N–H and O–H groups in total. The first-order valence-corrected chi connectivity index (χ1v) is 11.4. The minimum absolute atomic E-state index is 0.124. The van der Waals surface area contributed by atoms with Crippen molar-refractivity contribution in [3.05, 3.63) is 59.4 Å². The fourth-order valence-electron chi connectivity index (χ4n) is 3.96. The third kappa shape index (κ3) is 5.40. The molecule has 1 aliphatic heterocycles. The maximum atomic E-state index is 6.22. The van der Waals surface area contributed by atoms with E-state index >= 15 is 0 Å². The number of ether oxygens (including phenoxy) is 2. The van der Waals surface area contributed by atoms with Gasteiger partial charge in [0.1, 0.15) is 17.7 Å². The molecule has 1 aliphatic rings. The molecular weight excluding hydrogens is 402 g/mol. The number of nitrogens with one attached hydrogen (secondary N) is 2. The fourth-order valence-corrected chi connectivity index (χ4v) is 3.96. The Labute approximate surface area is 189 Å². The lowest BCUT2D eigenvalue weighted by molar-refractivity contribution is 0.140. The van der Waals surface area contributed by atoms with E-state index in [9.17, 15) is 0 Å². The summed E-state index contributed by atoms with van der Waals surface area (Å²) >= 11 is 0. The molecule has 0 spiro atoms. The minimum atomic E-state index is 0.124. The second-order valence-electron chi connectivity index (χ2n) is 8.14. The van der Waals surface area contributed by atoms with Gasteiger partial charge in [-0.3, -0.25) is 0 Å². The number of nitrogens with zero attached hydrogens (tertiary/aromatic N) is 3. The second-order valence-corrected chi connectivity index (χ2v) is 8.14. The zero-order valence-electron chi connectivity index (χ0n) is 19.2. The molecule has 7 nitrogen and oxygen atoms in total. The van der Waals surface area contributed by atoms with Gasteiger partial charge in [-0.05, 0) is 44.5 Å². The van der Waals surface area contributed by atoms with E-state index in [2.05, 4.69) is 70.4 Å². The lowest BCUT2D eigenvalue weighted by Gasteiger charge is -2.16. The Morgan fingerprint density at radius 2 is 2.09 bits per heavy atom. The molecule has 0 aliphatic carbocycles. The maximum absolute atomic E-state index is 6.22. The highest BCUT2D eigenvalue weighted by Gasteiger charge is 2.18. The van der Waals surface area contributed by atoms with Crippen molar-refractivity contribution in [1.29, 1.82) is 0 Å². The molecule has 0 radical (unpaired) electrons. The van der Waals surface area contributed by atoms with Crippen LogP contribution in [-0.2, 0) is 17.8 Å².